The number of aliphatic hydroxyl groups is 1. The summed E-state index contributed by atoms with van der Waals surface area (Å²) >= 11 is 6.16. The highest BCUT2D eigenvalue weighted by molar-refractivity contribution is 6.31. The van der Waals surface area contributed by atoms with Crippen LogP contribution in [-0.2, 0) is 9.53 Å². The van der Waals surface area contributed by atoms with E-state index >= 15 is 0 Å². The second kappa shape index (κ2) is 10.6. The van der Waals surface area contributed by atoms with E-state index in [1.165, 1.54) is 36.4 Å². The number of pyridine rings is 1. The van der Waals surface area contributed by atoms with E-state index in [1.54, 1.807) is 42.6 Å². The van der Waals surface area contributed by atoms with Gasteiger partial charge in [0, 0.05) is 34.6 Å². The summed E-state index contributed by atoms with van der Waals surface area (Å²) in [5, 5.41) is 11.9. The summed E-state index contributed by atoms with van der Waals surface area (Å²) in [4.78, 5) is 44.9. The van der Waals surface area contributed by atoms with Crippen molar-refractivity contribution in [2.45, 2.75) is 19.4 Å². The number of aliphatic hydroxyl groups excluding tert-OH is 1. The lowest BCUT2D eigenvalue weighted by Crippen LogP contribution is -2.31. The lowest BCUT2D eigenvalue weighted by atomic mass is 9.96. The number of Topliss-reactive ketones (excluding diaryl/α,β-unsaturated/α-hetero) is 1. The van der Waals surface area contributed by atoms with E-state index in [0.29, 0.717) is 45.0 Å². The molecule has 1 unspecified atom stereocenters. The van der Waals surface area contributed by atoms with Gasteiger partial charge in [-0.3, -0.25) is 19.5 Å². The molecule has 1 aliphatic heterocycles. The van der Waals surface area contributed by atoms with Crippen LogP contribution in [0, 0.1) is 0 Å². The number of halogens is 1. The van der Waals surface area contributed by atoms with Gasteiger partial charge in [-0.25, -0.2) is 4.79 Å². The lowest BCUT2D eigenvalue weighted by molar-refractivity contribution is -0.117. The predicted molar refractivity (Wildman–Crippen MR) is 143 cm³/mol. The molecule has 1 amide bonds. The first-order valence-corrected chi connectivity index (χ1v) is 12.5. The van der Waals surface area contributed by atoms with Crippen molar-refractivity contribution in [2.24, 2.45) is 0 Å². The number of amides is 1. The number of ketones is 1. The topological polar surface area (TPSA) is 119 Å². The number of rotatable bonds is 8. The van der Waals surface area contributed by atoms with Gasteiger partial charge in [-0.2, -0.15) is 0 Å². The normalized spacial score (nSPS) is 15.2. The molecular weight excluding hydrogens is 524 g/mol. The van der Waals surface area contributed by atoms with Gasteiger partial charge in [0.25, 0.3) is 5.91 Å². The molecule has 10 heteroatoms. The molecule has 9 nitrogen and oxygen atoms in total. The second-order valence-corrected chi connectivity index (χ2v) is 9.21. The van der Waals surface area contributed by atoms with E-state index in [2.05, 4.69) is 4.98 Å². The highest BCUT2D eigenvalue weighted by Crippen LogP contribution is 2.43. The van der Waals surface area contributed by atoms with Gasteiger partial charge in [0.2, 0.25) is 5.78 Å². The van der Waals surface area contributed by atoms with Crippen LogP contribution >= 0.6 is 11.6 Å². The Hall–Kier alpha value is -4.63. The Kier molecular flexibility index (Phi) is 7.08. The minimum atomic E-state index is -1.02. The van der Waals surface area contributed by atoms with Crippen molar-refractivity contribution in [3.63, 3.8) is 0 Å². The molecule has 0 radical (unpaired) electrons. The fourth-order valence-corrected chi connectivity index (χ4v) is 4.69. The first-order valence-electron chi connectivity index (χ1n) is 12.1. The molecule has 198 valence electrons. The number of fused-ring (bicyclic) bond motifs is 1. The van der Waals surface area contributed by atoms with Crippen molar-refractivity contribution in [3.8, 4) is 5.75 Å². The average Bonchev–Trinajstić information content (AvgIpc) is 3.50. The van der Waals surface area contributed by atoms with E-state index in [1.807, 2.05) is 6.92 Å². The number of ether oxygens (including phenoxy) is 2. The number of anilines is 1. The molecule has 1 atom stereocenters. The van der Waals surface area contributed by atoms with E-state index in [4.69, 9.17) is 25.5 Å². The Morgan fingerprint density at radius 2 is 1.92 bits per heavy atom. The predicted octanol–water partition coefficient (Wildman–Crippen LogP) is 5.84. The highest BCUT2D eigenvalue weighted by Gasteiger charge is 2.45. The number of benzene rings is 2. The molecule has 3 heterocycles. The molecule has 2 aromatic carbocycles. The van der Waals surface area contributed by atoms with Crippen LogP contribution in [0.3, 0.4) is 0 Å². The van der Waals surface area contributed by atoms with Gasteiger partial charge < -0.3 is 19.0 Å². The highest BCUT2D eigenvalue weighted by atomic mass is 35.5. The van der Waals surface area contributed by atoms with E-state index in [9.17, 15) is 19.5 Å². The molecule has 2 aromatic heterocycles. The Morgan fingerprint density at radius 1 is 1.15 bits per heavy atom. The van der Waals surface area contributed by atoms with Crippen molar-refractivity contribution < 1.29 is 33.4 Å². The monoisotopic (exact) mass is 546 g/mol. The summed E-state index contributed by atoms with van der Waals surface area (Å²) in [5.74, 6) is -2.45. The summed E-state index contributed by atoms with van der Waals surface area (Å²) in [6, 6.07) is 13.1. The molecule has 1 aliphatic rings. The second-order valence-electron chi connectivity index (χ2n) is 8.78. The van der Waals surface area contributed by atoms with Crippen LogP contribution in [0.1, 0.15) is 45.9 Å². The van der Waals surface area contributed by atoms with Gasteiger partial charge in [0.1, 0.15) is 0 Å². The first kappa shape index (κ1) is 26.0. The summed E-state index contributed by atoms with van der Waals surface area (Å²) < 4.78 is 16.3. The van der Waals surface area contributed by atoms with Crippen molar-refractivity contribution in [3.05, 3.63) is 100 Å². The molecule has 5 rings (SSSR count). The zero-order valence-electron chi connectivity index (χ0n) is 21.0. The minimum absolute atomic E-state index is 0.107. The number of hydrogen-bond acceptors (Lipinski definition) is 8. The lowest BCUT2D eigenvalue weighted by Gasteiger charge is -2.26. The Balaban J connectivity index is 1.57. The summed E-state index contributed by atoms with van der Waals surface area (Å²) in [6.45, 7) is 2.18. The fourth-order valence-electron chi connectivity index (χ4n) is 4.47. The van der Waals surface area contributed by atoms with Crippen molar-refractivity contribution >= 4 is 45.9 Å². The summed E-state index contributed by atoms with van der Waals surface area (Å²) in [7, 11) is 1.45. The van der Waals surface area contributed by atoms with Crippen LogP contribution < -0.4 is 9.64 Å². The van der Waals surface area contributed by atoms with Crippen LogP contribution in [-0.4, -0.2) is 41.5 Å². The van der Waals surface area contributed by atoms with Crippen molar-refractivity contribution in [1.29, 1.82) is 0 Å². The maximum absolute atomic E-state index is 13.8. The van der Waals surface area contributed by atoms with Crippen LogP contribution in [0.4, 0.5) is 5.69 Å². The quantitative estimate of drug-likeness (QED) is 0.216. The van der Waals surface area contributed by atoms with Gasteiger partial charge in [0.15, 0.2) is 22.9 Å². The van der Waals surface area contributed by atoms with Crippen LogP contribution in [0.5, 0.6) is 5.75 Å². The SMILES string of the molecule is CCCOC(=O)c1ccc(N2C(=O)C(O)=C(C(=O)c3cc4cc(Cl)cc(OC)c4o3)C2c2cccnc2)cc1. The molecular formula is C29H23ClN2O7. The number of methoxy groups -OCH3 is 1. The molecule has 0 fully saturated rings. The van der Waals surface area contributed by atoms with Crippen LogP contribution in [0.25, 0.3) is 11.0 Å². The zero-order valence-corrected chi connectivity index (χ0v) is 21.8. The first-order chi connectivity index (χ1) is 18.8. The van der Waals surface area contributed by atoms with Crippen molar-refractivity contribution in [1.82, 2.24) is 4.98 Å². The molecule has 4 aromatic rings. The average molecular weight is 547 g/mol. The number of hydrogen-bond donors (Lipinski definition) is 1. The van der Waals surface area contributed by atoms with Gasteiger partial charge in [-0.05, 0) is 54.4 Å². The van der Waals surface area contributed by atoms with Gasteiger partial charge in [0.05, 0.1) is 30.9 Å². The minimum Gasteiger partial charge on any atom is -0.503 e. The third kappa shape index (κ3) is 4.72. The Morgan fingerprint density at radius 3 is 2.59 bits per heavy atom. The van der Waals surface area contributed by atoms with Gasteiger partial charge in [-0.15, -0.1) is 0 Å². The number of esters is 1. The maximum Gasteiger partial charge on any atom is 0.338 e. The van der Waals surface area contributed by atoms with Gasteiger partial charge >= 0.3 is 5.97 Å². The van der Waals surface area contributed by atoms with Gasteiger partial charge in [-0.1, -0.05) is 24.6 Å². The molecule has 0 saturated carbocycles. The number of nitrogens with zero attached hydrogens (tertiary/aromatic N) is 2. The van der Waals surface area contributed by atoms with E-state index < -0.39 is 29.5 Å². The molecule has 39 heavy (non-hydrogen) atoms. The molecule has 1 N–H and O–H groups in total. The smallest absolute Gasteiger partial charge is 0.338 e. The summed E-state index contributed by atoms with van der Waals surface area (Å²) in [6.07, 6.45) is 3.75. The molecule has 0 bridgehead atoms. The Bertz CT molecular complexity index is 1610. The fraction of sp³-hybridized carbons (Fsp3) is 0.172. The zero-order chi connectivity index (χ0) is 27.7. The molecule has 0 saturated heterocycles. The number of aromatic nitrogens is 1. The third-order valence-electron chi connectivity index (χ3n) is 6.26. The number of furan rings is 1. The number of carbonyl (C=O) groups excluding carboxylic acids is 3. The standard InChI is InChI=1S/C29H23ClN2O7/c1-3-11-38-29(36)16-6-8-20(9-7-16)32-24(17-5-4-10-31-15-17)23(26(34)28(32)35)25(33)21-13-18-12-19(30)14-22(37-2)27(18)39-21/h4-10,12-15,24,34H,3,11H2,1-2H3. The maximum atomic E-state index is 13.8. The molecule has 0 spiro atoms. The van der Waals surface area contributed by atoms with Crippen LogP contribution in [0.15, 0.2) is 82.7 Å². The molecule has 0 aliphatic carbocycles. The largest absolute Gasteiger partial charge is 0.503 e. The van der Waals surface area contributed by atoms with E-state index in [0.717, 1.165) is 0 Å². The van der Waals surface area contributed by atoms with Crippen LogP contribution in [0.2, 0.25) is 5.02 Å². The van der Waals surface area contributed by atoms with E-state index in [-0.39, 0.29) is 17.9 Å². The Labute approximate surface area is 228 Å². The van der Waals surface area contributed by atoms with Crippen molar-refractivity contribution in [2.75, 3.05) is 18.6 Å². The third-order valence-corrected chi connectivity index (χ3v) is 6.48. The summed E-state index contributed by atoms with van der Waals surface area (Å²) in [5.41, 5.74) is 1.27. The number of carbonyl (C=O) groups is 3.